The average molecular weight is 156 g/mol. The molecular formula is C8H12O3. The van der Waals surface area contributed by atoms with E-state index < -0.39 is 11.9 Å². The molecule has 3 heteroatoms. The van der Waals surface area contributed by atoms with E-state index in [0.717, 1.165) is 0 Å². The molecule has 1 N–H and O–H groups in total. The topological polar surface area (TPSA) is 54.4 Å². The molecule has 2 atom stereocenters. The molecule has 0 bridgehead atoms. The summed E-state index contributed by atoms with van der Waals surface area (Å²) in [6.07, 6.45) is 1.65. The maximum absolute atomic E-state index is 11.1. The molecule has 0 aliphatic heterocycles. The summed E-state index contributed by atoms with van der Waals surface area (Å²) in [5.74, 6) is -1.32. The first-order chi connectivity index (χ1) is 5.16. The predicted molar refractivity (Wildman–Crippen MR) is 39.1 cm³/mol. The Labute approximate surface area is 65.4 Å². The van der Waals surface area contributed by atoms with Gasteiger partial charge < -0.3 is 5.11 Å². The van der Waals surface area contributed by atoms with E-state index in [0.29, 0.717) is 19.3 Å². The standard InChI is InChI=1S/C8H12O3/c1-2-5-6(8(10)11)3-4-7(5)9/h5-6H,2-4H2,1H3,(H,10,11). The first-order valence-corrected chi connectivity index (χ1v) is 3.92. The molecule has 2 unspecified atom stereocenters. The van der Waals surface area contributed by atoms with Crippen LogP contribution in [0.1, 0.15) is 26.2 Å². The molecule has 62 valence electrons. The van der Waals surface area contributed by atoms with Crippen LogP contribution in [0.5, 0.6) is 0 Å². The number of aliphatic carboxylic acids is 1. The first-order valence-electron chi connectivity index (χ1n) is 3.92. The van der Waals surface area contributed by atoms with Crippen LogP contribution >= 0.6 is 0 Å². The van der Waals surface area contributed by atoms with Crippen molar-refractivity contribution in [1.29, 1.82) is 0 Å². The number of ketones is 1. The zero-order valence-corrected chi connectivity index (χ0v) is 6.54. The Morgan fingerprint density at radius 3 is 2.73 bits per heavy atom. The highest BCUT2D eigenvalue weighted by Gasteiger charge is 2.37. The molecule has 1 saturated carbocycles. The van der Waals surface area contributed by atoms with Gasteiger partial charge in [0.15, 0.2) is 0 Å². The van der Waals surface area contributed by atoms with Crippen LogP contribution in [0.3, 0.4) is 0 Å². The molecule has 0 heterocycles. The molecular weight excluding hydrogens is 144 g/mol. The second-order valence-corrected chi connectivity index (χ2v) is 2.96. The van der Waals surface area contributed by atoms with Crippen LogP contribution in [-0.4, -0.2) is 16.9 Å². The highest BCUT2D eigenvalue weighted by molar-refractivity contribution is 5.89. The number of hydrogen-bond donors (Lipinski definition) is 1. The lowest BCUT2D eigenvalue weighted by Gasteiger charge is -2.10. The van der Waals surface area contributed by atoms with Crippen molar-refractivity contribution in [1.82, 2.24) is 0 Å². The highest BCUT2D eigenvalue weighted by Crippen LogP contribution is 2.30. The normalized spacial score (nSPS) is 30.8. The third-order valence-corrected chi connectivity index (χ3v) is 2.36. The van der Waals surface area contributed by atoms with Crippen molar-refractivity contribution in [2.24, 2.45) is 11.8 Å². The fourth-order valence-electron chi connectivity index (χ4n) is 1.72. The minimum absolute atomic E-state index is 0.125. The van der Waals surface area contributed by atoms with E-state index in [1.807, 2.05) is 6.92 Å². The van der Waals surface area contributed by atoms with Gasteiger partial charge in [-0.3, -0.25) is 9.59 Å². The van der Waals surface area contributed by atoms with Crippen molar-refractivity contribution < 1.29 is 14.7 Å². The lowest BCUT2D eigenvalue weighted by atomic mass is 9.93. The summed E-state index contributed by atoms with van der Waals surface area (Å²) in [4.78, 5) is 21.6. The van der Waals surface area contributed by atoms with Gasteiger partial charge in [0.1, 0.15) is 5.78 Å². The van der Waals surface area contributed by atoms with E-state index in [-0.39, 0.29) is 11.7 Å². The van der Waals surface area contributed by atoms with Gasteiger partial charge in [-0.15, -0.1) is 0 Å². The molecule has 0 aromatic rings. The third-order valence-electron chi connectivity index (χ3n) is 2.36. The minimum atomic E-state index is -0.817. The highest BCUT2D eigenvalue weighted by atomic mass is 16.4. The van der Waals surface area contributed by atoms with E-state index in [1.165, 1.54) is 0 Å². The van der Waals surface area contributed by atoms with Gasteiger partial charge in [-0.05, 0) is 12.8 Å². The van der Waals surface area contributed by atoms with E-state index in [1.54, 1.807) is 0 Å². The fourth-order valence-corrected chi connectivity index (χ4v) is 1.72. The number of rotatable bonds is 2. The van der Waals surface area contributed by atoms with Crippen LogP contribution in [0.2, 0.25) is 0 Å². The second kappa shape index (κ2) is 3.03. The average Bonchev–Trinajstić information content (AvgIpc) is 2.30. The number of hydrogen-bond acceptors (Lipinski definition) is 2. The third kappa shape index (κ3) is 1.42. The molecule has 0 spiro atoms. The van der Waals surface area contributed by atoms with Gasteiger partial charge in [0.05, 0.1) is 5.92 Å². The Balaban J connectivity index is 2.68. The Bertz CT molecular complexity index is 186. The zero-order valence-electron chi connectivity index (χ0n) is 6.54. The number of Topliss-reactive ketones (excluding diaryl/α,β-unsaturated/α-hetero) is 1. The van der Waals surface area contributed by atoms with Gasteiger partial charge in [-0.2, -0.15) is 0 Å². The van der Waals surface area contributed by atoms with Crippen LogP contribution in [-0.2, 0) is 9.59 Å². The molecule has 1 aliphatic carbocycles. The van der Waals surface area contributed by atoms with E-state index in [2.05, 4.69) is 0 Å². The van der Waals surface area contributed by atoms with Crippen LogP contribution in [0.4, 0.5) is 0 Å². The molecule has 1 rings (SSSR count). The summed E-state index contributed by atoms with van der Waals surface area (Å²) in [7, 11) is 0. The van der Waals surface area contributed by atoms with Gasteiger partial charge in [-0.25, -0.2) is 0 Å². The van der Waals surface area contributed by atoms with Gasteiger partial charge in [-0.1, -0.05) is 6.92 Å². The maximum Gasteiger partial charge on any atom is 0.307 e. The van der Waals surface area contributed by atoms with Crippen molar-refractivity contribution in [2.45, 2.75) is 26.2 Å². The zero-order chi connectivity index (χ0) is 8.43. The molecule has 0 aromatic heterocycles. The summed E-state index contributed by atoms with van der Waals surface area (Å²) >= 11 is 0. The van der Waals surface area contributed by atoms with E-state index in [9.17, 15) is 9.59 Å². The maximum atomic E-state index is 11.1. The molecule has 0 aromatic carbocycles. The van der Waals surface area contributed by atoms with E-state index >= 15 is 0 Å². The smallest absolute Gasteiger partial charge is 0.307 e. The SMILES string of the molecule is CCC1C(=O)CCC1C(=O)O. The molecule has 0 saturated heterocycles. The van der Waals surface area contributed by atoms with Crippen molar-refractivity contribution in [3.8, 4) is 0 Å². The Kier molecular flexibility index (Phi) is 2.27. The monoisotopic (exact) mass is 156 g/mol. The first kappa shape index (κ1) is 8.24. The van der Waals surface area contributed by atoms with Crippen LogP contribution in [0.15, 0.2) is 0 Å². The van der Waals surface area contributed by atoms with Crippen molar-refractivity contribution in [2.75, 3.05) is 0 Å². The molecule has 1 fully saturated rings. The van der Waals surface area contributed by atoms with Crippen LogP contribution in [0.25, 0.3) is 0 Å². The summed E-state index contributed by atoms with van der Waals surface area (Å²) in [6, 6.07) is 0. The predicted octanol–water partition coefficient (Wildman–Crippen LogP) is 1.08. The summed E-state index contributed by atoms with van der Waals surface area (Å²) in [6.45, 7) is 1.86. The number of carboxylic acids is 1. The Morgan fingerprint density at radius 1 is 1.73 bits per heavy atom. The fraction of sp³-hybridized carbons (Fsp3) is 0.750. The van der Waals surface area contributed by atoms with Crippen molar-refractivity contribution in [3.05, 3.63) is 0 Å². The number of carbonyl (C=O) groups is 2. The second-order valence-electron chi connectivity index (χ2n) is 2.96. The van der Waals surface area contributed by atoms with Crippen LogP contribution in [0, 0.1) is 11.8 Å². The van der Waals surface area contributed by atoms with Crippen LogP contribution < -0.4 is 0 Å². The summed E-state index contributed by atoms with van der Waals surface area (Å²) < 4.78 is 0. The largest absolute Gasteiger partial charge is 0.481 e. The number of carboxylic acid groups (broad SMARTS) is 1. The molecule has 0 amide bonds. The lowest BCUT2D eigenvalue weighted by Crippen LogP contribution is -2.21. The van der Waals surface area contributed by atoms with Crippen molar-refractivity contribution >= 4 is 11.8 Å². The minimum Gasteiger partial charge on any atom is -0.481 e. The van der Waals surface area contributed by atoms with Gasteiger partial charge >= 0.3 is 5.97 Å². The van der Waals surface area contributed by atoms with Gasteiger partial charge in [0, 0.05) is 12.3 Å². The van der Waals surface area contributed by atoms with Gasteiger partial charge in [0.25, 0.3) is 0 Å². The van der Waals surface area contributed by atoms with Gasteiger partial charge in [0.2, 0.25) is 0 Å². The van der Waals surface area contributed by atoms with Crippen molar-refractivity contribution in [3.63, 3.8) is 0 Å². The molecule has 1 aliphatic rings. The Hall–Kier alpha value is -0.860. The van der Waals surface area contributed by atoms with E-state index in [4.69, 9.17) is 5.11 Å². The number of carbonyl (C=O) groups excluding carboxylic acids is 1. The molecule has 11 heavy (non-hydrogen) atoms. The Morgan fingerprint density at radius 2 is 2.36 bits per heavy atom. The molecule has 3 nitrogen and oxygen atoms in total. The summed E-state index contributed by atoms with van der Waals surface area (Å²) in [5, 5.41) is 8.68. The molecule has 0 radical (unpaired) electrons. The summed E-state index contributed by atoms with van der Waals surface area (Å²) in [5.41, 5.74) is 0. The lowest BCUT2D eigenvalue weighted by molar-refractivity contribution is -0.144. The quantitative estimate of drug-likeness (QED) is 0.650.